The van der Waals surface area contributed by atoms with Gasteiger partial charge in [-0.25, -0.2) is 0 Å². The summed E-state index contributed by atoms with van der Waals surface area (Å²) in [4.78, 5) is 11.9. The number of hydrogen-bond donors (Lipinski definition) is 2. The number of nitrogens with two attached hydrogens (primary N) is 1. The van der Waals surface area contributed by atoms with Gasteiger partial charge in [-0.2, -0.15) is 0 Å². The van der Waals surface area contributed by atoms with Crippen LogP contribution in [0.25, 0.3) is 0 Å². The van der Waals surface area contributed by atoms with Gasteiger partial charge < -0.3 is 15.6 Å². The summed E-state index contributed by atoms with van der Waals surface area (Å²) in [6, 6.07) is 5.28. The third kappa shape index (κ3) is 3.14. The number of hydrogen-bond acceptors (Lipinski definition) is 3. The van der Waals surface area contributed by atoms with Crippen LogP contribution in [0.1, 0.15) is 51.0 Å². The molecule has 1 fully saturated rings. The van der Waals surface area contributed by atoms with Gasteiger partial charge in [-0.3, -0.25) is 4.79 Å². The predicted molar refractivity (Wildman–Crippen MR) is 83.5 cm³/mol. The van der Waals surface area contributed by atoms with Crippen LogP contribution in [-0.2, 0) is 4.79 Å². The number of benzene rings is 1. The summed E-state index contributed by atoms with van der Waals surface area (Å²) in [5.41, 5.74) is 7.28. The van der Waals surface area contributed by atoms with Gasteiger partial charge in [0, 0.05) is 5.69 Å². The van der Waals surface area contributed by atoms with Crippen LogP contribution >= 0.6 is 0 Å². The Bertz CT molecular complexity index is 525. The maximum atomic E-state index is 11.9. The van der Waals surface area contributed by atoms with Crippen LogP contribution in [0.2, 0.25) is 0 Å². The predicted octanol–water partition coefficient (Wildman–Crippen LogP) is 3.66. The zero-order valence-electron chi connectivity index (χ0n) is 13.1. The summed E-state index contributed by atoms with van der Waals surface area (Å²) >= 11 is 0. The fraction of sp³-hybridized carbons (Fsp3) is 0.588. The van der Waals surface area contributed by atoms with E-state index < -0.39 is 11.9 Å². The summed E-state index contributed by atoms with van der Waals surface area (Å²) in [6.07, 6.45) is 4.25. The van der Waals surface area contributed by atoms with E-state index in [1.54, 1.807) is 25.3 Å². The van der Waals surface area contributed by atoms with Crippen LogP contribution in [0, 0.1) is 11.3 Å². The Morgan fingerprint density at radius 1 is 1.43 bits per heavy atom. The molecular weight excluding hydrogens is 266 g/mol. The molecular formula is C17H25NO3. The van der Waals surface area contributed by atoms with E-state index in [0.29, 0.717) is 17.0 Å². The second-order valence-electron chi connectivity index (χ2n) is 6.65. The van der Waals surface area contributed by atoms with E-state index in [1.165, 1.54) is 6.42 Å². The third-order valence-corrected chi connectivity index (χ3v) is 4.89. The molecule has 2 atom stereocenters. The Balaban J connectivity index is 2.46. The molecule has 4 nitrogen and oxygen atoms in total. The topological polar surface area (TPSA) is 72.5 Å². The van der Waals surface area contributed by atoms with Crippen molar-refractivity contribution in [3.63, 3.8) is 0 Å². The first-order valence-electron chi connectivity index (χ1n) is 7.53. The van der Waals surface area contributed by atoms with Crippen molar-refractivity contribution in [2.24, 2.45) is 11.3 Å². The van der Waals surface area contributed by atoms with E-state index in [1.807, 2.05) is 0 Å². The fourth-order valence-electron chi connectivity index (χ4n) is 3.61. The monoisotopic (exact) mass is 291 g/mol. The smallest absolute Gasteiger partial charge is 0.311 e. The van der Waals surface area contributed by atoms with Crippen LogP contribution in [-0.4, -0.2) is 18.2 Å². The van der Waals surface area contributed by atoms with Crippen molar-refractivity contribution in [2.45, 2.75) is 45.4 Å². The van der Waals surface area contributed by atoms with Crippen molar-refractivity contribution in [1.82, 2.24) is 0 Å². The van der Waals surface area contributed by atoms with Gasteiger partial charge in [-0.15, -0.1) is 0 Å². The lowest BCUT2D eigenvalue weighted by Gasteiger charge is -2.42. The minimum Gasteiger partial charge on any atom is -0.497 e. The van der Waals surface area contributed by atoms with Gasteiger partial charge in [0.1, 0.15) is 5.75 Å². The van der Waals surface area contributed by atoms with Gasteiger partial charge >= 0.3 is 5.97 Å². The van der Waals surface area contributed by atoms with Gasteiger partial charge in [-0.1, -0.05) is 26.7 Å². The van der Waals surface area contributed by atoms with Gasteiger partial charge in [0.15, 0.2) is 0 Å². The first-order chi connectivity index (χ1) is 9.86. The molecule has 4 heteroatoms. The largest absolute Gasteiger partial charge is 0.497 e. The maximum absolute atomic E-state index is 11.9. The van der Waals surface area contributed by atoms with Crippen LogP contribution in [0.4, 0.5) is 5.69 Å². The molecule has 3 N–H and O–H groups in total. The van der Waals surface area contributed by atoms with E-state index in [2.05, 4.69) is 13.8 Å². The van der Waals surface area contributed by atoms with Gasteiger partial charge in [0.25, 0.3) is 0 Å². The van der Waals surface area contributed by atoms with E-state index in [4.69, 9.17) is 10.5 Å². The zero-order valence-corrected chi connectivity index (χ0v) is 13.1. The number of ether oxygens (including phenoxy) is 1. The highest BCUT2D eigenvalue weighted by Gasteiger charge is 2.42. The summed E-state index contributed by atoms with van der Waals surface area (Å²) in [5, 5.41) is 9.80. The van der Waals surface area contributed by atoms with E-state index >= 15 is 0 Å². The highest BCUT2D eigenvalue weighted by molar-refractivity contribution is 5.79. The summed E-state index contributed by atoms with van der Waals surface area (Å²) in [5.74, 6) is -0.623. The Morgan fingerprint density at radius 3 is 2.71 bits per heavy atom. The lowest BCUT2D eigenvalue weighted by atomic mass is 9.62. The molecule has 0 spiro atoms. The molecule has 0 aromatic heterocycles. The average molecular weight is 291 g/mol. The number of carbonyl (C=O) groups is 1. The molecule has 0 aliphatic heterocycles. The summed E-state index contributed by atoms with van der Waals surface area (Å²) in [7, 11) is 1.58. The second kappa shape index (κ2) is 5.96. The van der Waals surface area contributed by atoms with Crippen LogP contribution in [0.3, 0.4) is 0 Å². The Kier molecular flexibility index (Phi) is 4.45. The van der Waals surface area contributed by atoms with Crippen LogP contribution < -0.4 is 10.5 Å². The molecule has 1 aromatic carbocycles. The standard InChI is InChI=1S/C17H25NO3/c1-17(2)9-5-4-6-13(17)15(16(19)20)12-10-11(21-3)7-8-14(12)18/h7-8,10,13,15H,4-6,9,18H2,1-3H3,(H,19,20). The summed E-state index contributed by atoms with van der Waals surface area (Å²) < 4.78 is 5.23. The highest BCUT2D eigenvalue weighted by Crippen LogP contribution is 2.49. The molecule has 0 saturated heterocycles. The molecule has 1 saturated carbocycles. The lowest BCUT2D eigenvalue weighted by molar-refractivity contribution is -0.142. The van der Waals surface area contributed by atoms with E-state index in [9.17, 15) is 9.90 Å². The Labute approximate surface area is 126 Å². The molecule has 0 radical (unpaired) electrons. The number of nitrogen functional groups attached to an aromatic ring is 1. The molecule has 1 aromatic rings. The van der Waals surface area contributed by atoms with E-state index in [0.717, 1.165) is 19.3 Å². The molecule has 1 aliphatic carbocycles. The van der Waals surface area contributed by atoms with Crippen molar-refractivity contribution < 1.29 is 14.6 Å². The summed E-state index contributed by atoms with van der Waals surface area (Å²) in [6.45, 7) is 4.34. The minimum absolute atomic E-state index is 0.0107. The number of aliphatic carboxylic acids is 1. The first-order valence-corrected chi connectivity index (χ1v) is 7.53. The quantitative estimate of drug-likeness (QED) is 0.830. The lowest BCUT2D eigenvalue weighted by Crippen LogP contribution is -2.36. The highest BCUT2D eigenvalue weighted by atomic mass is 16.5. The normalized spacial score (nSPS) is 22.5. The second-order valence-corrected chi connectivity index (χ2v) is 6.65. The van der Waals surface area contributed by atoms with Gasteiger partial charge in [0.05, 0.1) is 13.0 Å². The molecule has 2 rings (SSSR count). The molecule has 21 heavy (non-hydrogen) atoms. The molecule has 0 heterocycles. The van der Waals surface area contributed by atoms with E-state index in [-0.39, 0.29) is 11.3 Å². The van der Waals surface area contributed by atoms with Gasteiger partial charge in [-0.05, 0) is 47.9 Å². The third-order valence-electron chi connectivity index (χ3n) is 4.89. The average Bonchev–Trinajstić information content (AvgIpc) is 2.42. The maximum Gasteiger partial charge on any atom is 0.311 e. The number of anilines is 1. The molecule has 1 aliphatic rings. The molecule has 2 unspecified atom stereocenters. The molecule has 116 valence electrons. The number of methoxy groups -OCH3 is 1. The van der Waals surface area contributed by atoms with Crippen molar-refractivity contribution in [3.8, 4) is 5.75 Å². The number of carboxylic acids is 1. The van der Waals surface area contributed by atoms with Crippen LogP contribution in [0.5, 0.6) is 5.75 Å². The fourth-order valence-corrected chi connectivity index (χ4v) is 3.61. The number of rotatable bonds is 4. The van der Waals surface area contributed by atoms with Crippen molar-refractivity contribution >= 4 is 11.7 Å². The minimum atomic E-state index is -0.796. The zero-order chi connectivity index (χ0) is 15.6. The first kappa shape index (κ1) is 15.7. The Hall–Kier alpha value is -1.71. The molecule has 0 bridgehead atoms. The van der Waals surface area contributed by atoms with Crippen molar-refractivity contribution in [2.75, 3.05) is 12.8 Å². The van der Waals surface area contributed by atoms with Crippen molar-refractivity contribution in [3.05, 3.63) is 23.8 Å². The van der Waals surface area contributed by atoms with Crippen LogP contribution in [0.15, 0.2) is 18.2 Å². The van der Waals surface area contributed by atoms with Crippen molar-refractivity contribution in [1.29, 1.82) is 0 Å². The van der Waals surface area contributed by atoms with Gasteiger partial charge in [0.2, 0.25) is 0 Å². The molecule has 0 amide bonds. The number of carboxylic acid groups (broad SMARTS) is 1. The SMILES string of the molecule is COc1ccc(N)c(C(C(=O)O)C2CCCCC2(C)C)c1. The Morgan fingerprint density at radius 2 is 2.14 bits per heavy atom.